The van der Waals surface area contributed by atoms with Gasteiger partial charge >= 0.3 is 0 Å². The van der Waals surface area contributed by atoms with E-state index in [0.717, 1.165) is 21.6 Å². The Morgan fingerprint density at radius 2 is 1.66 bits per heavy atom. The van der Waals surface area contributed by atoms with Gasteiger partial charge in [-0.15, -0.1) is 11.3 Å². The Kier molecular flexibility index (Phi) is 5.07. The van der Waals surface area contributed by atoms with Gasteiger partial charge in [-0.25, -0.2) is 4.90 Å². The number of hydrogen-bond donors (Lipinski definition) is 0. The molecular weight excluding hydrogens is 380 g/mol. The van der Waals surface area contributed by atoms with Crippen LogP contribution in [0.1, 0.15) is 21.6 Å². The molecule has 2 heterocycles. The zero-order valence-corrected chi connectivity index (χ0v) is 17.5. The van der Waals surface area contributed by atoms with E-state index in [1.54, 1.807) is 0 Å². The minimum atomic E-state index is -0.278. The van der Waals surface area contributed by atoms with Crippen LogP contribution >= 0.6 is 11.3 Å². The van der Waals surface area contributed by atoms with Gasteiger partial charge in [0.2, 0.25) is 0 Å². The number of aryl methyl sites for hydroxylation is 2. The summed E-state index contributed by atoms with van der Waals surface area (Å²) < 4.78 is 0. The quantitative estimate of drug-likeness (QED) is 0.577. The van der Waals surface area contributed by atoms with Crippen molar-refractivity contribution < 1.29 is 9.59 Å². The molecule has 1 aliphatic rings. The van der Waals surface area contributed by atoms with Crippen molar-refractivity contribution in [2.24, 2.45) is 0 Å². The normalized spacial score (nSPS) is 14.1. The topological polar surface area (TPSA) is 40.6 Å². The highest BCUT2D eigenvalue weighted by molar-refractivity contribution is 7.11. The highest BCUT2D eigenvalue weighted by Gasteiger charge is 2.42. The molecule has 1 aliphatic heterocycles. The second-order valence-electron chi connectivity index (χ2n) is 7.26. The average Bonchev–Trinajstić information content (AvgIpc) is 3.31. The molecule has 29 heavy (non-hydrogen) atoms. The minimum Gasteiger partial charge on any atom is -0.365 e. The van der Waals surface area contributed by atoms with Crippen LogP contribution in [0.3, 0.4) is 0 Å². The Labute approximate surface area is 174 Å². The molecule has 0 aliphatic carbocycles. The molecule has 2 aromatic carbocycles. The monoisotopic (exact) mass is 402 g/mol. The van der Waals surface area contributed by atoms with E-state index in [0.29, 0.717) is 23.5 Å². The largest absolute Gasteiger partial charge is 0.365 e. The fourth-order valence-corrected chi connectivity index (χ4v) is 4.31. The van der Waals surface area contributed by atoms with Gasteiger partial charge in [0.1, 0.15) is 5.70 Å². The van der Waals surface area contributed by atoms with Crippen molar-refractivity contribution in [3.05, 3.63) is 93.3 Å². The van der Waals surface area contributed by atoms with E-state index in [4.69, 9.17) is 0 Å². The van der Waals surface area contributed by atoms with Gasteiger partial charge in [0.05, 0.1) is 11.3 Å². The maximum absolute atomic E-state index is 13.5. The summed E-state index contributed by atoms with van der Waals surface area (Å²) in [7, 11) is 1.87. The highest BCUT2D eigenvalue weighted by atomic mass is 32.1. The molecule has 0 spiro atoms. The SMILES string of the molecule is Cc1ccc(N2C(=O)C(c3cccs3)=C(N(C)Cc3ccccc3)C2=O)cc1C. The molecule has 4 rings (SSSR count). The van der Waals surface area contributed by atoms with Crippen molar-refractivity contribution in [1.82, 2.24) is 4.90 Å². The lowest BCUT2D eigenvalue weighted by Gasteiger charge is -2.22. The van der Waals surface area contributed by atoms with Gasteiger partial charge in [-0.2, -0.15) is 0 Å². The molecule has 4 nitrogen and oxygen atoms in total. The first-order chi connectivity index (χ1) is 14.0. The van der Waals surface area contributed by atoms with Gasteiger partial charge in [-0.3, -0.25) is 9.59 Å². The molecule has 3 aromatic rings. The maximum Gasteiger partial charge on any atom is 0.282 e. The number of imide groups is 1. The first-order valence-corrected chi connectivity index (χ1v) is 10.3. The van der Waals surface area contributed by atoms with Crippen molar-refractivity contribution in [2.45, 2.75) is 20.4 Å². The summed E-state index contributed by atoms with van der Waals surface area (Å²) in [5, 5.41) is 1.92. The van der Waals surface area contributed by atoms with E-state index >= 15 is 0 Å². The van der Waals surface area contributed by atoms with Gasteiger partial charge in [0.25, 0.3) is 11.8 Å². The fraction of sp³-hybridized carbons (Fsp3) is 0.167. The third kappa shape index (κ3) is 3.49. The Balaban J connectivity index is 1.77. The summed E-state index contributed by atoms with van der Waals surface area (Å²) in [4.78, 5) is 30.9. The van der Waals surface area contributed by atoms with E-state index in [-0.39, 0.29) is 11.8 Å². The van der Waals surface area contributed by atoms with Crippen LogP contribution in [-0.2, 0) is 16.1 Å². The first kappa shape index (κ1) is 19.2. The summed E-state index contributed by atoms with van der Waals surface area (Å²) >= 11 is 1.47. The Bertz CT molecular complexity index is 1100. The van der Waals surface area contributed by atoms with Gasteiger partial charge in [-0.1, -0.05) is 42.5 Å². The second-order valence-corrected chi connectivity index (χ2v) is 8.20. The molecule has 0 saturated heterocycles. The molecule has 0 saturated carbocycles. The highest BCUT2D eigenvalue weighted by Crippen LogP contribution is 2.36. The summed E-state index contributed by atoms with van der Waals surface area (Å²) in [6.45, 7) is 4.55. The molecule has 0 fully saturated rings. The summed E-state index contributed by atoms with van der Waals surface area (Å²) in [5.74, 6) is -0.546. The minimum absolute atomic E-state index is 0.268. The molecule has 0 bridgehead atoms. The van der Waals surface area contributed by atoms with E-state index in [2.05, 4.69) is 0 Å². The van der Waals surface area contributed by atoms with Crippen LogP contribution in [0.2, 0.25) is 0 Å². The molecule has 0 radical (unpaired) electrons. The van der Waals surface area contributed by atoms with Gasteiger partial charge < -0.3 is 4.90 Å². The molecule has 146 valence electrons. The number of nitrogens with zero attached hydrogens (tertiary/aromatic N) is 2. The standard InChI is InChI=1S/C24H22N2O2S/c1-16-11-12-19(14-17(16)2)26-23(27)21(20-10-7-13-29-20)22(24(26)28)25(3)15-18-8-5-4-6-9-18/h4-14H,15H2,1-3H3. The van der Waals surface area contributed by atoms with E-state index in [9.17, 15) is 9.59 Å². The lowest BCUT2D eigenvalue weighted by atomic mass is 10.1. The van der Waals surface area contributed by atoms with Crippen molar-refractivity contribution in [2.75, 3.05) is 11.9 Å². The van der Waals surface area contributed by atoms with Crippen LogP contribution in [0.4, 0.5) is 5.69 Å². The number of anilines is 1. The van der Waals surface area contributed by atoms with Crippen LogP contribution in [0.25, 0.3) is 5.57 Å². The third-order valence-electron chi connectivity index (χ3n) is 5.22. The van der Waals surface area contributed by atoms with Crippen molar-refractivity contribution in [3.63, 3.8) is 0 Å². The van der Waals surface area contributed by atoms with Crippen molar-refractivity contribution >= 4 is 34.4 Å². The van der Waals surface area contributed by atoms with E-state index in [1.807, 2.05) is 91.8 Å². The van der Waals surface area contributed by atoms with Crippen LogP contribution in [0.5, 0.6) is 0 Å². The predicted octanol–water partition coefficient (Wildman–Crippen LogP) is 4.78. The van der Waals surface area contributed by atoms with Crippen molar-refractivity contribution in [1.29, 1.82) is 0 Å². The smallest absolute Gasteiger partial charge is 0.282 e. The number of hydrogen-bond acceptors (Lipinski definition) is 4. The zero-order chi connectivity index (χ0) is 20.5. The lowest BCUT2D eigenvalue weighted by Crippen LogP contribution is -2.34. The van der Waals surface area contributed by atoms with Crippen LogP contribution in [0.15, 0.2) is 71.7 Å². The number of benzene rings is 2. The molecule has 0 unspecified atom stereocenters. The third-order valence-corrected chi connectivity index (χ3v) is 6.11. The zero-order valence-electron chi connectivity index (χ0n) is 16.7. The number of amides is 2. The number of thiophene rings is 1. The van der Waals surface area contributed by atoms with Crippen LogP contribution < -0.4 is 4.90 Å². The first-order valence-electron chi connectivity index (χ1n) is 9.46. The second kappa shape index (κ2) is 7.68. The van der Waals surface area contributed by atoms with Gasteiger partial charge in [-0.05, 0) is 54.1 Å². The molecule has 5 heteroatoms. The summed E-state index contributed by atoms with van der Waals surface area (Å²) in [6, 6.07) is 19.4. The predicted molar refractivity (Wildman–Crippen MR) is 118 cm³/mol. The lowest BCUT2D eigenvalue weighted by molar-refractivity contribution is -0.120. The van der Waals surface area contributed by atoms with Crippen LogP contribution in [0, 0.1) is 13.8 Å². The molecular formula is C24H22N2O2S. The molecule has 1 aromatic heterocycles. The Morgan fingerprint density at radius 3 is 2.31 bits per heavy atom. The Hall–Kier alpha value is -3.18. The number of carbonyl (C=O) groups excluding carboxylic acids is 2. The van der Waals surface area contributed by atoms with Gasteiger partial charge in [0, 0.05) is 18.5 Å². The maximum atomic E-state index is 13.5. The summed E-state index contributed by atoms with van der Waals surface area (Å²) in [6.07, 6.45) is 0. The molecule has 0 N–H and O–H groups in total. The van der Waals surface area contributed by atoms with Crippen molar-refractivity contribution in [3.8, 4) is 0 Å². The number of rotatable bonds is 5. The van der Waals surface area contributed by atoms with Gasteiger partial charge in [0.15, 0.2) is 0 Å². The summed E-state index contributed by atoms with van der Waals surface area (Å²) in [5.41, 5.74) is 4.78. The number of carbonyl (C=O) groups is 2. The van der Waals surface area contributed by atoms with E-state index < -0.39 is 0 Å². The molecule has 0 atom stereocenters. The molecule has 2 amide bonds. The Morgan fingerprint density at radius 1 is 0.897 bits per heavy atom. The number of likely N-dealkylation sites (N-methyl/N-ethyl adjacent to an activating group) is 1. The average molecular weight is 403 g/mol. The van der Waals surface area contributed by atoms with Crippen LogP contribution in [-0.4, -0.2) is 23.8 Å². The van der Waals surface area contributed by atoms with E-state index in [1.165, 1.54) is 16.2 Å². The fourth-order valence-electron chi connectivity index (χ4n) is 3.55.